The number of carbonyl (C=O) groups excluding carboxylic acids is 1. The summed E-state index contributed by atoms with van der Waals surface area (Å²) in [5, 5.41) is 12.0. The SMILES string of the molecule is CCSC(SCC)C1CC(C)=C(C)N1C(=O)c1c(C)c(C)c(C)c(C)c1[N+](=O)[O-]. The molecule has 5 nitrogen and oxygen atoms in total. The van der Waals surface area contributed by atoms with E-state index in [0.29, 0.717) is 11.1 Å². The van der Waals surface area contributed by atoms with Crippen molar-refractivity contribution in [3.8, 4) is 0 Å². The molecule has 7 heteroatoms. The zero-order valence-electron chi connectivity index (χ0n) is 18.7. The Hall–Kier alpha value is -1.47. The van der Waals surface area contributed by atoms with Gasteiger partial charge in [0, 0.05) is 11.3 Å². The molecule has 0 N–H and O–H groups in total. The number of benzene rings is 1. The molecule has 0 saturated carbocycles. The fraction of sp³-hybridized carbons (Fsp3) is 0.591. The lowest BCUT2D eigenvalue weighted by Gasteiger charge is -2.33. The summed E-state index contributed by atoms with van der Waals surface area (Å²) in [7, 11) is 0. The monoisotopic (exact) mass is 436 g/mol. The molecule has 0 aliphatic carbocycles. The zero-order chi connectivity index (χ0) is 22.0. The Labute approximate surface area is 182 Å². The van der Waals surface area contributed by atoms with Crippen LogP contribution in [-0.4, -0.2) is 37.9 Å². The van der Waals surface area contributed by atoms with E-state index in [1.54, 1.807) is 6.92 Å². The molecule has 0 fully saturated rings. The largest absolute Gasteiger partial charge is 0.307 e. The van der Waals surface area contributed by atoms with Crippen molar-refractivity contribution in [1.29, 1.82) is 0 Å². The van der Waals surface area contributed by atoms with E-state index < -0.39 is 4.92 Å². The molecule has 0 bridgehead atoms. The van der Waals surface area contributed by atoms with Crippen LogP contribution in [0.5, 0.6) is 0 Å². The smallest absolute Gasteiger partial charge is 0.285 e. The lowest BCUT2D eigenvalue weighted by molar-refractivity contribution is -0.385. The van der Waals surface area contributed by atoms with Crippen molar-refractivity contribution in [2.24, 2.45) is 0 Å². The summed E-state index contributed by atoms with van der Waals surface area (Å²) in [4.78, 5) is 27.3. The molecule has 160 valence electrons. The number of carbonyl (C=O) groups is 1. The second kappa shape index (κ2) is 9.56. The van der Waals surface area contributed by atoms with Crippen molar-refractivity contribution in [3.05, 3.63) is 49.2 Å². The molecule has 1 amide bonds. The number of amides is 1. The van der Waals surface area contributed by atoms with Gasteiger partial charge in [0.15, 0.2) is 0 Å². The number of nitro groups is 1. The van der Waals surface area contributed by atoms with Crippen molar-refractivity contribution >= 4 is 35.1 Å². The first kappa shape index (κ1) is 23.8. The maximum absolute atomic E-state index is 13.9. The summed E-state index contributed by atoms with van der Waals surface area (Å²) in [6.45, 7) is 15.7. The van der Waals surface area contributed by atoms with Gasteiger partial charge < -0.3 is 4.90 Å². The van der Waals surface area contributed by atoms with E-state index in [1.807, 2.05) is 56.1 Å². The third-order valence-corrected chi connectivity index (χ3v) is 8.84. The van der Waals surface area contributed by atoms with E-state index >= 15 is 0 Å². The molecular formula is C22H32N2O3S2. The molecule has 1 aliphatic rings. The number of allylic oxidation sites excluding steroid dienone is 1. The van der Waals surface area contributed by atoms with Crippen molar-refractivity contribution < 1.29 is 9.72 Å². The van der Waals surface area contributed by atoms with Crippen LogP contribution < -0.4 is 0 Å². The standard InChI is InChI=1S/C22H32N2O3S2/c1-9-28-22(29-10-2)18-11-12(3)17(8)23(18)21(25)19-15(6)13(4)14(5)16(7)20(19)24(26)27/h18,22H,9-11H2,1-8H3. The van der Waals surface area contributed by atoms with Gasteiger partial charge in [0.2, 0.25) is 0 Å². The predicted octanol–water partition coefficient (Wildman–Crippen LogP) is 6.17. The first-order chi connectivity index (χ1) is 13.6. The maximum atomic E-state index is 13.9. The second-order valence-electron chi connectivity index (χ2n) is 7.57. The fourth-order valence-corrected chi connectivity index (χ4v) is 6.77. The Balaban J connectivity index is 2.66. The summed E-state index contributed by atoms with van der Waals surface area (Å²) in [5.74, 6) is 1.70. The first-order valence-electron chi connectivity index (χ1n) is 10.1. The molecule has 1 heterocycles. The first-order valence-corrected chi connectivity index (χ1v) is 12.2. The van der Waals surface area contributed by atoms with Crippen LogP contribution in [0.15, 0.2) is 11.3 Å². The van der Waals surface area contributed by atoms with Gasteiger partial charge in [-0.25, -0.2) is 0 Å². The molecule has 29 heavy (non-hydrogen) atoms. The number of hydrogen-bond donors (Lipinski definition) is 0. The lowest BCUT2D eigenvalue weighted by Crippen LogP contribution is -2.41. The normalized spacial score (nSPS) is 16.9. The van der Waals surface area contributed by atoms with Gasteiger partial charge in [0.05, 0.1) is 15.5 Å². The van der Waals surface area contributed by atoms with Gasteiger partial charge in [-0.2, -0.15) is 0 Å². The highest BCUT2D eigenvalue weighted by atomic mass is 32.2. The molecule has 2 rings (SSSR count). The molecule has 0 radical (unpaired) electrons. The van der Waals surface area contributed by atoms with E-state index in [4.69, 9.17) is 0 Å². The minimum absolute atomic E-state index is 0.0123. The summed E-state index contributed by atoms with van der Waals surface area (Å²) in [6.07, 6.45) is 0.818. The lowest BCUT2D eigenvalue weighted by atomic mass is 9.91. The van der Waals surface area contributed by atoms with Crippen LogP contribution >= 0.6 is 23.5 Å². The number of nitrogens with zero attached hydrogens (tertiary/aromatic N) is 2. The topological polar surface area (TPSA) is 63.5 Å². The predicted molar refractivity (Wildman–Crippen MR) is 125 cm³/mol. The van der Waals surface area contributed by atoms with Crippen molar-refractivity contribution in [1.82, 2.24) is 4.90 Å². The van der Waals surface area contributed by atoms with Crippen LogP contribution in [0, 0.1) is 37.8 Å². The Morgan fingerprint density at radius 1 is 1.03 bits per heavy atom. The van der Waals surface area contributed by atoms with Gasteiger partial charge in [0.25, 0.3) is 11.6 Å². The number of hydrogen-bond acceptors (Lipinski definition) is 5. The minimum atomic E-state index is -0.391. The molecule has 0 aromatic heterocycles. The summed E-state index contributed by atoms with van der Waals surface area (Å²) >= 11 is 3.70. The van der Waals surface area contributed by atoms with E-state index in [2.05, 4.69) is 20.8 Å². The van der Waals surface area contributed by atoms with Gasteiger partial charge in [-0.1, -0.05) is 19.4 Å². The van der Waals surface area contributed by atoms with E-state index in [-0.39, 0.29) is 27.8 Å². The Morgan fingerprint density at radius 3 is 2.03 bits per heavy atom. The van der Waals surface area contributed by atoms with Crippen molar-refractivity contribution in [2.45, 2.75) is 72.4 Å². The van der Waals surface area contributed by atoms with Gasteiger partial charge in [-0.15, -0.1) is 23.5 Å². The molecule has 1 unspecified atom stereocenters. The minimum Gasteiger partial charge on any atom is -0.307 e. The summed E-state index contributed by atoms with van der Waals surface area (Å²) < 4.78 is 0.244. The van der Waals surface area contributed by atoms with Crippen LogP contribution in [-0.2, 0) is 0 Å². The highest BCUT2D eigenvalue weighted by molar-refractivity contribution is 8.17. The van der Waals surface area contributed by atoms with Gasteiger partial charge in [0.1, 0.15) is 5.56 Å². The van der Waals surface area contributed by atoms with Crippen LogP contribution in [0.2, 0.25) is 0 Å². The molecule has 1 aliphatic heterocycles. The number of nitro benzene ring substituents is 1. The second-order valence-corrected chi connectivity index (χ2v) is 10.7. The van der Waals surface area contributed by atoms with Crippen LogP contribution in [0.3, 0.4) is 0 Å². The van der Waals surface area contributed by atoms with E-state index in [1.165, 1.54) is 5.57 Å². The quantitative estimate of drug-likeness (QED) is 0.290. The van der Waals surface area contributed by atoms with Gasteiger partial charge >= 0.3 is 0 Å². The maximum Gasteiger partial charge on any atom is 0.285 e. The number of thioether (sulfide) groups is 2. The molecule has 0 spiro atoms. The molecular weight excluding hydrogens is 404 g/mol. The highest BCUT2D eigenvalue weighted by Crippen LogP contribution is 2.42. The van der Waals surface area contributed by atoms with Gasteiger partial charge in [-0.3, -0.25) is 14.9 Å². The van der Waals surface area contributed by atoms with Crippen LogP contribution in [0.25, 0.3) is 0 Å². The zero-order valence-corrected chi connectivity index (χ0v) is 20.3. The Kier molecular flexibility index (Phi) is 7.85. The van der Waals surface area contributed by atoms with Crippen molar-refractivity contribution in [3.63, 3.8) is 0 Å². The number of rotatable bonds is 7. The summed E-state index contributed by atoms with van der Waals surface area (Å²) in [5.41, 5.74) is 5.44. The Bertz CT molecular complexity index is 858. The third kappa shape index (κ3) is 4.36. The van der Waals surface area contributed by atoms with E-state index in [9.17, 15) is 14.9 Å². The summed E-state index contributed by atoms with van der Waals surface area (Å²) in [6, 6.07) is 0.0123. The molecule has 1 aromatic rings. The van der Waals surface area contributed by atoms with Crippen LogP contribution in [0.1, 0.15) is 66.7 Å². The third-order valence-electron chi connectivity index (χ3n) is 6.07. The molecule has 1 aromatic carbocycles. The molecule has 1 atom stereocenters. The van der Waals surface area contributed by atoms with Crippen molar-refractivity contribution in [2.75, 3.05) is 11.5 Å². The average Bonchev–Trinajstić information content (AvgIpc) is 2.96. The average molecular weight is 437 g/mol. The fourth-order valence-electron chi connectivity index (χ4n) is 4.03. The Morgan fingerprint density at radius 2 is 1.55 bits per heavy atom. The van der Waals surface area contributed by atoms with E-state index in [0.717, 1.165) is 34.8 Å². The molecule has 0 saturated heterocycles. The van der Waals surface area contributed by atoms with Gasteiger partial charge in [-0.05, 0) is 76.2 Å². The van der Waals surface area contributed by atoms with Crippen LogP contribution in [0.4, 0.5) is 5.69 Å². The highest BCUT2D eigenvalue weighted by Gasteiger charge is 2.41.